The molecule has 0 saturated carbocycles. The SMILES string of the molecule is N[C@@H](C[C@H]1CC(CCC(=O)O)=NO1)C(=O)O. The largest absolute Gasteiger partial charge is 0.481 e. The second-order valence-corrected chi connectivity index (χ2v) is 3.66. The number of carbonyl (C=O) groups is 2. The van der Waals surface area contributed by atoms with Gasteiger partial charge in [-0.2, -0.15) is 0 Å². The van der Waals surface area contributed by atoms with Crippen LogP contribution in [0.5, 0.6) is 0 Å². The number of nitrogens with zero attached hydrogens (tertiary/aromatic N) is 1. The van der Waals surface area contributed by atoms with E-state index in [2.05, 4.69) is 5.16 Å². The average molecular weight is 230 g/mol. The van der Waals surface area contributed by atoms with Gasteiger partial charge in [-0.25, -0.2) is 0 Å². The van der Waals surface area contributed by atoms with Crippen molar-refractivity contribution in [2.24, 2.45) is 10.9 Å². The number of carboxylic acid groups (broad SMARTS) is 2. The summed E-state index contributed by atoms with van der Waals surface area (Å²) in [5.41, 5.74) is 5.98. The van der Waals surface area contributed by atoms with Crippen molar-refractivity contribution in [3.8, 4) is 0 Å². The highest BCUT2D eigenvalue weighted by atomic mass is 16.6. The third kappa shape index (κ3) is 3.85. The Morgan fingerprint density at radius 3 is 2.81 bits per heavy atom. The van der Waals surface area contributed by atoms with Crippen molar-refractivity contribution in [3.63, 3.8) is 0 Å². The van der Waals surface area contributed by atoms with E-state index < -0.39 is 18.0 Å². The summed E-state index contributed by atoms with van der Waals surface area (Å²) in [6.07, 6.45) is 0.604. The number of nitrogens with two attached hydrogens (primary N) is 1. The minimum atomic E-state index is -1.08. The molecular weight excluding hydrogens is 216 g/mol. The van der Waals surface area contributed by atoms with Gasteiger partial charge in [0.2, 0.25) is 0 Å². The summed E-state index contributed by atoms with van der Waals surface area (Å²) in [4.78, 5) is 25.8. The zero-order valence-electron chi connectivity index (χ0n) is 8.63. The minimum absolute atomic E-state index is 0.000102. The third-order valence-corrected chi connectivity index (χ3v) is 2.26. The molecule has 0 radical (unpaired) electrons. The van der Waals surface area contributed by atoms with Crippen LogP contribution < -0.4 is 5.73 Å². The molecule has 0 aromatic heterocycles. The van der Waals surface area contributed by atoms with Crippen LogP contribution in [-0.2, 0) is 14.4 Å². The molecule has 0 aromatic carbocycles. The number of oxime groups is 1. The molecule has 16 heavy (non-hydrogen) atoms. The van der Waals surface area contributed by atoms with Crippen molar-refractivity contribution in [1.29, 1.82) is 0 Å². The highest BCUT2D eigenvalue weighted by Gasteiger charge is 2.26. The molecule has 0 aliphatic carbocycles. The van der Waals surface area contributed by atoms with Crippen LogP contribution in [0.2, 0.25) is 0 Å². The molecule has 0 fully saturated rings. The zero-order chi connectivity index (χ0) is 12.1. The lowest BCUT2D eigenvalue weighted by molar-refractivity contribution is -0.139. The fourth-order valence-electron chi connectivity index (χ4n) is 1.40. The highest BCUT2D eigenvalue weighted by Crippen LogP contribution is 2.17. The first-order chi connectivity index (χ1) is 7.49. The molecule has 0 aromatic rings. The maximum absolute atomic E-state index is 10.5. The lowest BCUT2D eigenvalue weighted by Crippen LogP contribution is -2.34. The topological polar surface area (TPSA) is 122 Å². The number of carboxylic acids is 2. The van der Waals surface area contributed by atoms with Crippen LogP contribution in [0.1, 0.15) is 25.7 Å². The summed E-state index contributed by atoms with van der Waals surface area (Å²) in [5.74, 6) is -1.98. The Morgan fingerprint density at radius 2 is 2.25 bits per heavy atom. The quantitative estimate of drug-likeness (QED) is 0.580. The zero-order valence-corrected chi connectivity index (χ0v) is 8.63. The summed E-state index contributed by atoms with van der Waals surface area (Å²) < 4.78 is 0. The van der Waals surface area contributed by atoms with E-state index in [0.717, 1.165) is 0 Å². The van der Waals surface area contributed by atoms with Gasteiger partial charge in [-0.05, 0) is 6.42 Å². The second kappa shape index (κ2) is 5.45. The van der Waals surface area contributed by atoms with Gasteiger partial charge in [0.25, 0.3) is 0 Å². The Morgan fingerprint density at radius 1 is 1.56 bits per heavy atom. The molecule has 2 atom stereocenters. The molecule has 0 spiro atoms. The summed E-state index contributed by atoms with van der Waals surface area (Å²) in [5, 5.41) is 20.8. The maximum Gasteiger partial charge on any atom is 0.320 e. The molecule has 0 amide bonds. The van der Waals surface area contributed by atoms with E-state index in [9.17, 15) is 9.59 Å². The lowest BCUT2D eigenvalue weighted by atomic mass is 10.0. The predicted octanol–water partition coefficient (Wildman–Crippen LogP) is -0.202. The fraction of sp³-hybridized carbons (Fsp3) is 0.667. The van der Waals surface area contributed by atoms with Gasteiger partial charge >= 0.3 is 11.9 Å². The monoisotopic (exact) mass is 230 g/mol. The van der Waals surface area contributed by atoms with E-state index in [1.807, 2.05) is 0 Å². The van der Waals surface area contributed by atoms with Crippen molar-refractivity contribution in [3.05, 3.63) is 0 Å². The molecule has 1 heterocycles. The van der Waals surface area contributed by atoms with Gasteiger partial charge in [0.1, 0.15) is 12.1 Å². The van der Waals surface area contributed by atoms with Gasteiger partial charge < -0.3 is 20.8 Å². The Bertz CT molecular complexity index is 315. The smallest absolute Gasteiger partial charge is 0.320 e. The van der Waals surface area contributed by atoms with Crippen molar-refractivity contribution in [1.82, 2.24) is 0 Å². The first kappa shape index (κ1) is 12.4. The fourth-order valence-corrected chi connectivity index (χ4v) is 1.40. The van der Waals surface area contributed by atoms with E-state index in [1.165, 1.54) is 0 Å². The first-order valence-electron chi connectivity index (χ1n) is 4.90. The number of hydrogen-bond donors (Lipinski definition) is 3. The summed E-state index contributed by atoms with van der Waals surface area (Å²) in [7, 11) is 0. The number of rotatable bonds is 6. The van der Waals surface area contributed by atoms with E-state index in [0.29, 0.717) is 18.6 Å². The first-order valence-corrected chi connectivity index (χ1v) is 4.90. The van der Waals surface area contributed by atoms with Gasteiger partial charge in [0.05, 0.1) is 12.1 Å². The van der Waals surface area contributed by atoms with E-state index in [4.69, 9.17) is 20.8 Å². The van der Waals surface area contributed by atoms with E-state index in [1.54, 1.807) is 0 Å². The summed E-state index contributed by atoms with van der Waals surface area (Å²) in [6, 6.07) is -0.973. The Hall–Kier alpha value is -1.63. The molecule has 0 unspecified atom stereocenters. The summed E-state index contributed by atoms with van der Waals surface area (Å²) in [6.45, 7) is 0. The van der Waals surface area contributed by atoms with Gasteiger partial charge in [0.15, 0.2) is 0 Å². The standard InChI is InChI=1S/C9H14N2O5/c10-7(9(14)15)4-6-3-5(11-16-6)1-2-8(12)13/h6-7H,1-4,10H2,(H,12,13)(H,14,15)/t6-,7+/m1/s1. The van der Waals surface area contributed by atoms with Crippen LogP contribution in [-0.4, -0.2) is 40.0 Å². The second-order valence-electron chi connectivity index (χ2n) is 3.66. The van der Waals surface area contributed by atoms with E-state index >= 15 is 0 Å². The minimum Gasteiger partial charge on any atom is -0.481 e. The average Bonchev–Trinajstić information content (AvgIpc) is 2.62. The summed E-state index contributed by atoms with van der Waals surface area (Å²) >= 11 is 0. The highest BCUT2D eigenvalue weighted by molar-refractivity contribution is 5.88. The molecule has 1 rings (SSSR count). The molecular formula is C9H14N2O5. The van der Waals surface area contributed by atoms with Crippen molar-refractivity contribution in [2.75, 3.05) is 0 Å². The van der Waals surface area contributed by atoms with Gasteiger partial charge in [-0.1, -0.05) is 5.16 Å². The van der Waals surface area contributed by atoms with Gasteiger partial charge in [-0.15, -0.1) is 0 Å². The molecule has 1 aliphatic heterocycles. The molecule has 0 bridgehead atoms. The van der Waals surface area contributed by atoms with Crippen molar-refractivity contribution < 1.29 is 24.6 Å². The van der Waals surface area contributed by atoms with E-state index in [-0.39, 0.29) is 18.9 Å². The van der Waals surface area contributed by atoms with Crippen LogP contribution in [0.15, 0.2) is 5.16 Å². The van der Waals surface area contributed by atoms with Crippen molar-refractivity contribution >= 4 is 17.7 Å². The van der Waals surface area contributed by atoms with Crippen LogP contribution in [0.3, 0.4) is 0 Å². The number of aliphatic carboxylic acids is 2. The van der Waals surface area contributed by atoms with Gasteiger partial charge in [0, 0.05) is 12.8 Å². The van der Waals surface area contributed by atoms with Gasteiger partial charge in [-0.3, -0.25) is 9.59 Å². The maximum atomic E-state index is 10.5. The lowest BCUT2D eigenvalue weighted by Gasteiger charge is -2.10. The van der Waals surface area contributed by atoms with Crippen LogP contribution >= 0.6 is 0 Å². The molecule has 7 nitrogen and oxygen atoms in total. The Labute approximate surface area is 91.9 Å². The molecule has 4 N–H and O–H groups in total. The van der Waals surface area contributed by atoms with Crippen LogP contribution in [0.4, 0.5) is 0 Å². The van der Waals surface area contributed by atoms with Crippen LogP contribution in [0, 0.1) is 0 Å². The molecule has 90 valence electrons. The molecule has 7 heteroatoms. The molecule has 1 aliphatic rings. The normalized spacial score (nSPS) is 21.1. The van der Waals surface area contributed by atoms with Crippen molar-refractivity contribution in [2.45, 2.75) is 37.8 Å². The predicted molar refractivity (Wildman–Crippen MR) is 54.0 cm³/mol. The third-order valence-electron chi connectivity index (χ3n) is 2.26. The Kier molecular flexibility index (Phi) is 4.24. The molecule has 0 saturated heterocycles. The number of hydrogen-bond acceptors (Lipinski definition) is 5. The van der Waals surface area contributed by atoms with Crippen LogP contribution in [0.25, 0.3) is 0 Å². The Balaban J connectivity index is 2.28.